The van der Waals surface area contributed by atoms with E-state index in [2.05, 4.69) is 49.5 Å². The van der Waals surface area contributed by atoms with Gasteiger partial charge in [-0.25, -0.2) is 0 Å². The lowest BCUT2D eigenvalue weighted by Crippen LogP contribution is -2.25. The largest absolute Gasteiger partial charge is 0.463 e. The first-order valence-corrected chi connectivity index (χ1v) is 19.9. The van der Waals surface area contributed by atoms with E-state index < -0.39 is 6.10 Å². The van der Waals surface area contributed by atoms with E-state index in [0.717, 1.165) is 51.4 Å². The van der Waals surface area contributed by atoms with E-state index in [1.165, 1.54) is 89.9 Å². The summed E-state index contributed by atoms with van der Waals surface area (Å²) in [6.07, 6.45) is 46.6. The lowest BCUT2D eigenvalue weighted by atomic mass is 10.0. The van der Waals surface area contributed by atoms with E-state index in [4.69, 9.17) is 9.47 Å². The van der Waals surface area contributed by atoms with Gasteiger partial charge in [-0.2, -0.15) is 0 Å². The maximum Gasteiger partial charge on any atom is 0.305 e. The van der Waals surface area contributed by atoms with E-state index in [1.54, 1.807) is 6.08 Å². The van der Waals surface area contributed by atoms with Crippen LogP contribution in [-0.4, -0.2) is 47.6 Å². The smallest absolute Gasteiger partial charge is 0.305 e. The molecule has 0 rings (SSSR count). The second-order valence-corrected chi connectivity index (χ2v) is 13.2. The van der Waals surface area contributed by atoms with E-state index in [9.17, 15) is 19.8 Å². The fraction of sp³-hybridized carbons (Fsp3) is 0.721. The van der Waals surface area contributed by atoms with E-state index in [-0.39, 0.29) is 31.3 Å². The molecule has 0 aliphatic heterocycles. The first-order valence-electron chi connectivity index (χ1n) is 19.9. The van der Waals surface area contributed by atoms with Crippen molar-refractivity contribution in [2.75, 3.05) is 13.2 Å². The van der Waals surface area contributed by atoms with Crippen LogP contribution in [0.15, 0.2) is 60.8 Å². The van der Waals surface area contributed by atoms with Gasteiger partial charge in [0.15, 0.2) is 0 Å². The Labute approximate surface area is 301 Å². The third kappa shape index (κ3) is 38.2. The van der Waals surface area contributed by atoms with Crippen LogP contribution in [0.2, 0.25) is 0 Å². The van der Waals surface area contributed by atoms with Crippen molar-refractivity contribution in [3.63, 3.8) is 0 Å². The molecule has 0 amide bonds. The molecule has 0 aromatic rings. The summed E-state index contributed by atoms with van der Waals surface area (Å²) in [5.41, 5.74) is 0. The highest BCUT2D eigenvalue weighted by Gasteiger charge is 2.12. The Balaban J connectivity index is 3.55. The third-order valence-corrected chi connectivity index (χ3v) is 8.42. The summed E-state index contributed by atoms with van der Waals surface area (Å²) in [6.45, 7) is 3.92. The predicted octanol–water partition coefficient (Wildman–Crippen LogP) is 11.4. The number of unbranched alkanes of at least 4 members (excludes halogenated alkanes) is 17. The Morgan fingerprint density at radius 3 is 1.39 bits per heavy atom. The highest BCUT2D eigenvalue weighted by Crippen LogP contribution is 2.14. The van der Waals surface area contributed by atoms with Crippen molar-refractivity contribution < 1.29 is 29.3 Å². The van der Waals surface area contributed by atoms with E-state index in [0.29, 0.717) is 19.3 Å². The molecular weight excluding hydrogens is 612 g/mol. The zero-order chi connectivity index (χ0) is 35.9. The van der Waals surface area contributed by atoms with Gasteiger partial charge >= 0.3 is 11.9 Å². The SMILES string of the molecule is CCCCCCCCCCCCCCCCCCCC(=O)OC[C@@H](O)COC(=O)CCC/C=C\C/C=C\C/C=C\C/C=C\C=C\[C@@H](O)CC. The van der Waals surface area contributed by atoms with Gasteiger partial charge < -0.3 is 19.7 Å². The minimum absolute atomic E-state index is 0.142. The van der Waals surface area contributed by atoms with Gasteiger partial charge in [0.05, 0.1) is 6.10 Å². The van der Waals surface area contributed by atoms with Crippen LogP contribution in [0.4, 0.5) is 0 Å². The molecule has 0 heterocycles. The lowest BCUT2D eigenvalue weighted by molar-refractivity contribution is -0.152. The number of ether oxygens (including phenoxy) is 2. The first kappa shape index (κ1) is 46.6. The van der Waals surface area contributed by atoms with Crippen LogP contribution in [0.3, 0.4) is 0 Å². The molecule has 0 aliphatic rings. The molecule has 0 aromatic carbocycles. The number of hydrogen-bond acceptors (Lipinski definition) is 6. The molecule has 282 valence electrons. The normalized spacial score (nSPS) is 13.5. The molecule has 0 aromatic heterocycles. The van der Waals surface area contributed by atoms with Crippen molar-refractivity contribution in [2.24, 2.45) is 0 Å². The summed E-state index contributed by atoms with van der Waals surface area (Å²) in [7, 11) is 0. The van der Waals surface area contributed by atoms with Crippen LogP contribution in [-0.2, 0) is 19.1 Å². The molecule has 49 heavy (non-hydrogen) atoms. The number of aliphatic hydroxyl groups is 2. The maximum absolute atomic E-state index is 12.0. The van der Waals surface area contributed by atoms with Crippen molar-refractivity contribution in [1.29, 1.82) is 0 Å². The van der Waals surface area contributed by atoms with Crippen molar-refractivity contribution in [1.82, 2.24) is 0 Å². The van der Waals surface area contributed by atoms with Crippen LogP contribution < -0.4 is 0 Å². The second kappa shape index (κ2) is 38.4. The zero-order valence-corrected chi connectivity index (χ0v) is 31.5. The van der Waals surface area contributed by atoms with Gasteiger partial charge in [0, 0.05) is 12.8 Å². The molecule has 0 bridgehead atoms. The highest BCUT2D eigenvalue weighted by atomic mass is 16.6. The molecule has 0 aliphatic carbocycles. The van der Waals surface area contributed by atoms with Gasteiger partial charge in [-0.15, -0.1) is 0 Å². The molecular formula is C43H74O6. The summed E-state index contributed by atoms with van der Waals surface area (Å²) in [6, 6.07) is 0. The molecule has 2 atom stereocenters. The molecule has 0 fully saturated rings. The van der Waals surface area contributed by atoms with Gasteiger partial charge in [-0.3, -0.25) is 9.59 Å². The zero-order valence-electron chi connectivity index (χ0n) is 31.5. The molecule has 6 nitrogen and oxygen atoms in total. The maximum atomic E-state index is 12.0. The lowest BCUT2D eigenvalue weighted by Gasteiger charge is -2.12. The predicted molar refractivity (Wildman–Crippen MR) is 206 cm³/mol. The summed E-state index contributed by atoms with van der Waals surface area (Å²) >= 11 is 0. The topological polar surface area (TPSA) is 93.1 Å². The van der Waals surface area contributed by atoms with Crippen molar-refractivity contribution >= 4 is 11.9 Å². The van der Waals surface area contributed by atoms with Gasteiger partial charge in [0.1, 0.15) is 19.3 Å². The monoisotopic (exact) mass is 687 g/mol. The Morgan fingerprint density at radius 2 is 0.918 bits per heavy atom. The van der Waals surface area contributed by atoms with Gasteiger partial charge in [0.25, 0.3) is 0 Å². The summed E-state index contributed by atoms with van der Waals surface area (Å²) in [5.74, 6) is -0.649. The average molecular weight is 687 g/mol. The molecule has 0 saturated carbocycles. The number of carbonyl (C=O) groups excluding carboxylic acids is 2. The van der Waals surface area contributed by atoms with Crippen LogP contribution in [0.1, 0.15) is 174 Å². The van der Waals surface area contributed by atoms with Crippen molar-refractivity contribution in [2.45, 2.75) is 187 Å². The minimum atomic E-state index is -0.996. The minimum Gasteiger partial charge on any atom is -0.463 e. The summed E-state index contributed by atoms with van der Waals surface area (Å²) in [5, 5.41) is 19.4. The standard InChI is InChI=1S/C43H74O6/c1-3-5-6-7-8-9-10-11-12-13-14-18-21-24-27-30-33-36-42(46)48-38-41(45)39-49-43(47)37-34-31-28-25-22-19-16-15-17-20-23-26-29-32-35-40(44)4-2/h16-17,19-20,25-26,28-29,32,35,40-41,44-45H,3-15,18,21-24,27,30-31,33-34,36-39H2,1-2H3/b19-16-,20-17-,28-25-,29-26-,35-32+/t40-,41+/m0/s1. The van der Waals surface area contributed by atoms with E-state index in [1.807, 2.05) is 19.1 Å². The number of hydrogen-bond donors (Lipinski definition) is 2. The molecule has 2 N–H and O–H groups in total. The van der Waals surface area contributed by atoms with Crippen LogP contribution >= 0.6 is 0 Å². The molecule has 0 radical (unpaired) electrons. The molecule has 6 heteroatoms. The van der Waals surface area contributed by atoms with Crippen LogP contribution in [0.25, 0.3) is 0 Å². The average Bonchev–Trinajstić information content (AvgIpc) is 3.10. The Bertz CT molecular complexity index is 887. The molecule has 0 unspecified atom stereocenters. The Kier molecular flexibility index (Phi) is 36.5. The van der Waals surface area contributed by atoms with Crippen molar-refractivity contribution in [3.05, 3.63) is 60.8 Å². The number of allylic oxidation sites excluding steroid dienone is 9. The van der Waals surface area contributed by atoms with E-state index >= 15 is 0 Å². The number of carbonyl (C=O) groups is 2. The fourth-order valence-electron chi connectivity index (χ4n) is 5.25. The third-order valence-electron chi connectivity index (χ3n) is 8.42. The molecule has 0 spiro atoms. The van der Waals surface area contributed by atoms with Gasteiger partial charge in [0.2, 0.25) is 0 Å². The quantitative estimate of drug-likeness (QED) is 0.0298. The number of esters is 2. The van der Waals surface area contributed by atoms with Crippen molar-refractivity contribution in [3.8, 4) is 0 Å². The first-order chi connectivity index (χ1) is 24.0. The van der Waals surface area contributed by atoms with Gasteiger partial charge in [-0.1, -0.05) is 177 Å². The summed E-state index contributed by atoms with van der Waals surface area (Å²) in [4.78, 5) is 23.9. The van der Waals surface area contributed by atoms with Gasteiger partial charge in [-0.05, 0) is 44.9 Å². The Morgan fingerprint density at radius 1 is 0.510 bits per heavy atom. The van der Waals surface area contributed by atoms with Crippen LogP contribution in [0.5, 0.6) is 0 Å². The second-order valence-electron chi connectivity index (χ2n) is 13.2. The fourth-order valence-corrected chi connectivity index (χ4v) is 5.25. The number of aliphatic hydroxyl groups excluding tert-OH is 2. The van der Waals surface area contributed by atoms with Crippen LogP contribution in [0, 0.1) is 0 Å². The number of rotatable bonds is 35. The Hall–Kier alpha value is -2.44. The highest BCUT2D eigenvalue weighted by molar-refractivity contribution is 5.69. The summed E-state index contributed by atoms with van der Waals surface area (Å²) < 4.78 is 10.3. The molecule has 0 saturated heterocycles.